The van der Waals surface area contributed by atoms with Crippen molar-refractivity contribution in [3.63, 3.8) is 0 Å². The molecule has 0 aliphatic carbocycles. The fraction of sp³-hybridized carbons (Fsp3) is 0.500. The van der Waals surface area contributed by atoms with E-state index in [-0.39, 0.29) is 0 Å². The van der Waals surface area contributed by atoms with Gasteiger partial charge < -0.3 is 4.42 Å². The van der Waals surface area contributed by atoms with Gasteiger partial charge in [0.2, 0.25) is 0 Å². The maximum absolute atomic E-state index is 5.61. The number of furan rings is 1. The molecule has 3 rings (SSSR count). The molecule has 4 heteroatoms. The van der Waals surface area contributed by atoms with E-state index in [1.807, 2.05) is 11.6 Å². The molecule has 1 aliphatic heterocycles. The third-order valence-electron chi connectivity index (χ3n) is 3.70. The van der Waals surface area contributed by atoms with Crippen LogP contribution in [0.15, 0.2) is 33.7 Å². The third kappa shape index (κ3) is 2.49. The first kappa shape index (κ1) is 11.9. The van der Waals surface area contributed by atoms with Crippen LogP contribution in [0, 0.1) is 5.92 Å². The minimum Gasteiger partial charge on any atom is -0.468 e. The van der Waals surface area contributed by atoms with Crippen LogP contribution < -0.4 is 0 Å². The van der Waals surface area contributed by atoms with E-state index in [1.165, 1.54) is 18.5 Å². The molecule has 0 aromatic carbocycles. The second-order valence-electron chi connectivity index (χ2n) is 5.11. The van der Waals surface area contributed by atoms with Crippen LogP contribution in [-0.4, -0.2) is 16.4 Å². The van der Waals surface area contributed by atoms with Gasteiger partial charge in [-0.15, -0.1) is 11.3 Å². The quantitative estimate of drug-likeness (QED) is 0.844. The zero-order valence-electron chi connectivity index (χ0n) is 10.6. The van der Waals surface area contributed by atoms with Gasteiger partial charge in [0, 0.05) is 11.9 Å². The van der Waals surface area contributed by atoms with Gasteiger partial charge >= 0.3 is 0 Å². The highest BCUT2D eigenvalue weighted by atomic mass is 32.1. The van der Waals surface area contributed by atoms with Gasteiger partial charge in [0.05, 0.1) is 23.5 Å². The fourth-order valence-electron chi connectivity index (χ4n) is 2.68. The Morgan fingerprint density at radius 2 is 2.50 bits per heavy atom. The molecule has 2 aromatic rings. The Hall–Kier alpha value is -1.13. The number of aromatic nitrogens is 1. The molecule has 0 radical (unpaired) electrons. The predicted octanol–water partition coefficient (Wildman–Crippen LogP) is 3.71. The normalized spacial score (nSPS) is 25.4. The Labute approximate surface area is 111 Å². The summed E-state index contributed by atoms with van der Waals surface area (Å²) in [5.41, 5.74) is 3.08. The second-order valence-corrected chi connectivity index (χ2v) is 5.83. The summed E-state index contributed by atoms with van der Waals surface area (Å²) in [6.45, 7) is 4.39. The van der Waals surface area contributed by atoms with Gasteiger partial charge in [-0.1, -0.05) is 6.92 Å². The summed E-state index contributed by atoms with van der Waals surface area (Å²) in [6, 6.07) is 4.48. The summed E-state index contributed by atoms with van der Waals surface area (Å²) in [5.74, 6) is 1.86. The van der Waals surface area contributed by atoms with E-state index in [0.29, 0.717) is 6.04 Å². The molecule has 0 amide bonds. The van der Waals surface area contributed by atoms with Crippen molar-refractivity contribution in [3.05, 3.63) is 40.7 Å². The molecular weight excluding hydrogens is 244 g/mol. The molecule has 0 bridgehead atoms. The number of nitrogens with zero attached hydrogens (tertiary/aromatic N) is 2. The highest BCUT2D eigenvalue weighted by Gasteiger charge is 2.29. The van der Waals surface area contributed by atoms with Gasteiger partial charge in [0.1, 0.15) is 5.76 Å². The molecule has 1 fully saturated rings. The molecule has 18 heavy (non-hydrogen) atoms. The number of thiazole rings is 1. The van der Waals surface area contributed by atoms with Gasteiger partial charge in [-0.3, -0.25) is 4.90 Å². The molecule has 0 spiro atoms. The molecule has 1 saturated heterocycles. The Morgan fingerprint density at radius 3 is 3.22 bits per heavy atom. The van der Waals surface area contributed by atoms with Crippen LogP contribution >= 0.6 is 11.3 Å². The summed E-state index contributed by atoms with van der Waals surface area (Å²) in [5, 5.41) is 2.14. The van der Waals surface area contributed by atoms with E-state index in [1.54, 1.807) is 17.6 Å². The van der Waals surface area contributed by atoms with Gasteiger partial charge in [0.15, 0.2) is 0 Å². The number of hydrogen-bond acceptors (Lipinski definition) is 4. The summed E-state index contributed by atoms with van der Waals surface area (Å²) in [6.07, 6.45) is 4.22. The molecule has 0 N–H and O–H groups in total. The lowest BCUT2D eigenvalue weighted by Gasteiger charge is -2.37. The van der Waals surface area contributed by atoms with Gasteiger partial charge in [-0.25, -0.2) is 4.98 Å². The van der Waals surface area contributed by atoms with Crippen molar-refractivity contribution in [2.75, 3.05) is 6.54 Å². The molecule has 2 atom stereocenters. The Kier molecular flexibility index (Phi) is 3.48. The lowest BCUT2D eigenvalue weighted by atomic mass is 9.91. The lowest BCUT2D eigenvalue weighted by molar-refractivity contribution is 0.0934. The maximum Gasteiger partial charge on any atom is 0.120 e. The van der Waals surface area contributed by atoms with Crippen LogP contribution in [-0.2, 0) is 6.54 Å². The zero-order chi connectivity index (χ0) is 12.4. The minimum absolute atomic E-state index is 0.408. The SMILES string of the molecule is CC1CCN(Cc2cscn2)C(c2ccco2)C1. The van der Waals surface area contributed by atoms with Crippen molar-refractivity contribution < 1.29 is 4.42 Å². The largest absolute Gasteiger partial charge is 0.468 e. The molecular formula is C14H18N2OS. The third-order valence-corrected chi connectivity index (χ3v) is 4.33. The monoisotopic (exact) mass is 262 g/mol. The number of hydrogen-bond donors (Lipinski definition) is 0. The van der Waals surface area contributed by atoms with E-state index in [4.69, 9.17) is 4.42 Å². The van der Waals surface area contributed by atoms with E-state index < -0.39 is 0 Å². The van der Waals surface area contributed by atoms with Crippen LogP contribution in [0.5, 0.6) is 0 Å². The molecule has 3 nitrogen and oxygen atoms in total. The summed E-state index contributed by atoms with van der Waals surface area (Å²) < 4.78 is 5.61. The number of likely N-dealkylation sites (tertiary alicyclic amines) is 1. The topological polar surface area (TPSA) is 29.3 Å². The molecule has 2 unspecified atom stereocenters. The number of piperidine rings is 1. The maximum atomic E-state index is 5.61. The van der Waals surface area contributed by atoms with E-state index >= 15 is 0 Å². The average molecular weight is 262 g/mol. The fourth-order valence-corrected chi connectivity index (χ4v) is 3.23. The molecule has 1 aliphatic rings. The standard InChI is InChI=1S/C14H18N2OS/c1-11-4-5-16(8-12-9-18-10-15-12)13(7-11)14-3-2-6-17-14/h2-3,6,9-11,13H,4-5,7-8H2,1H3. The van der Waals surface area contributed by atoms with Gasteiger partial charge in [-0.2, -0.15) is 0 Å². The van der Waals surface area contributed by atoms with Crippen LogP contribution in [0.25, 0.3) is 0 Å². The smallest absolute Gasteiger partial charge is 0.120 e. The molecule has 3 heterocycles. The van der Waals surface area contributed by atoms with Crippen molar-refractivity contribution in [2.45, 2.75) is 32.4 Å². The Bertz CT molecular complexity index is 466. The van der Waals surface area contributed by atoms with Gasteiger partial charge in [-0.05, 0) is 37.4 Å². The second kappa shape index (κ2) is 5.24. The first-order valence-corrected chi connectivity index (χ1v) is 7.41. The minimum atomic E-state index is 0.408. The molecule has 0 saturated carbocycles. The lowest BCUT2D eigenvalue weighted by Crippen LogP contribution is -2.35. The van der Waals surface area contributed by atoms with Crippen molar-refractivity contribution in [1.82, 2.24) is 9.88 Å². The highest BCUT2D eigenvalue weighted by Crippen LogP contribution is 2.35. The first-order valence-electron chi connectivity index (χ1n) is 6.47. The molecule has 2 aromatic heterocycles. The van der Waals surface area contributed by atoms with E-state index in [2.05, 4.69) is 28.3 Å². The first-order chi connectivity index (χ1) is 8.83. The van der Waals surface area contributed by atoms with Crippen molar-refractivity contribution in [2.24, 2.45) is 5.92 Å². The van der Waals surface area contributed by atoms with Gasteiger partial charge in [0.25, 0.3) is 0 Å². The van der Waals surface area contributed by atoms with Crippen molar-refractivity contribution >= 4 is 11.3 Å². The average Bonchev–Trinajstić information content (AvgIpc) is 3.04. The van der Waals surface area contributed by atoms with Crippen molar-refractivity contribution in [1.29, 1.82) is 0 Å². The molecule has 96 valence electrons. The summed E-state index contributed by atoms with van der Waals surface area (Å²) in [4.78, 5) is 6.89. The highest BCUT2D eigenvalue weighted by molar-refractivity contribution is 7.07. The van der Waals surface area contributed by atoms with Crippen LogP contribution in [0.2, 0.25) is 0 Å². The van der Waals surface area contributed by atoms with Crippen molar-refractivity contribution in [3.8, 4) is 0 Å². The Balaban J connectivity index is 1.78. The predicted molar refractivity (Wildman–Crippen MR) is 72.4 cm³/mol. The van der Waals surface area contributed by atoms with E-state index in [9.17, 15) is 0 Å². The van der Waals surface area contributed by atoms with Crippen LogP contribution in [0.3, 0.4) is 0 Å². The summed E-state index contributed by atoms with van der Waals surface area (Å²) in [7, 11) is 0. The number of rotatable bonds is 3. The zero-order valence-corrected chi connectivity index (χ0v) is 11.4. The summed E-state index contributed by atoms with van der Waals surface area (Å²) >= 11 is 1.67. The van der Waals surface area contributed by atoms with E-state index in [0.717, 1.165) is 24.8 Å². The Morgan fingerprint density at radius 1 is 1.56 bits per heavy atom. The van der Waals surface area contributed by atoms with Crippen LogP contribution in [0.1, 0.15) is 37.3 Å². The van der Waals surface area contributed by atoms with Crippen LogP contribution in [0.4, 0.5) is 0 Å².